The highest BCUT2D eigenvalue weighted by Crippen LogP contribution is 2.36. The average Bonchev–Trinajstić information content (AvgIpc) is 3.07. The van der Waals surface area contributed by atoms with Gasteiger partial charge in [-0.2, -0.15) is 10.1 Å². The summed E-state index contributed by atoms with van der Waals surface area (Å²) in [6, 6.07) is 20.9. The van der Waals surface area contributed by atoms with Crippen LogP contribution in [0.5, 0.6) is 11.5 Å². The highest BCUT2D eigenvalue weighted by Gasteiger charge is 2.30. The first-order valence-electron chi connectivity index (χ1n) is 9.88. The lowest BCUT2D eigenvalue weighted by Crippen LogP contribution is -2.21. The van der Waals surface area contributed by atoms with Gasteiger partial charge in [-0.05, 0) is 71.0 Å². The Labute approximate surface area is 205 Å². The molecule has 1 heterocycles. The van der Waals surface area contributed by atoms with E-state index >= 15 is 0 Å². The minimum absolute atomic E-state index is 0.228. The zero-order valence-electron chi connectivity index (χ0n) is 17.5. The number of amides is 1. The van der Waals surface area contributed by atoms with Gasteiger partial charge in [0.05, 0.1) is 32.7 Å². The number of ether oxygens (including phenoxy) is 2. The summed E-state index contributed by atoms with van der Waals surface area (Å²) in [4.78, 5) is 13.1. The van der Waals surface area contributed by atoms with E-state index in [1.165, 1.54) is 5.01 Å². The summed E-state index contributed by atoms with van der Waals surface area (Å²) in [7, 11) is 1.60. The van der Waals surface area contributed by atoms with Crippen LogP contribution in [0.4, 0.5) is 5.69 Å². The Kier molecular flexibility index (Phi) is 6.81. The van der Waals surface area contributed by atoms with Crippen LogP contribution in [-0.4, -0.2) is 18.7 Å². The standard InChI is InChI=1S/C25H20ClIN2O3/c1-16-19(25(30)29(28-16)22-11-7-6-10-20(22)26)12-18-13-21(27)24(23(14-18)31-2)32-15-17-8-4-3-5-9-17/h3-14H,15H2,1-2H3/b19-12-. The van der Waals surface area contributed by atoms with Gasteiger partial charge in [0.2, 0.25) is 0 Å². The Morgan fingerprint density at radius 2 is 1.81 bits per heavy atom. The van der Waals surface area contributed by atoms with E-state index in [9.17, 15) is 4.79 Å². The molecule has 3 aromatic rings. The number of carbonyl (C=O) groups excluding carboxylic acids is 1. The molecular formula is C25H20ClIN2O3. The Bertz CT molecular complexity index is 1230. The lowest BCUT2D eigenvalue weighted by molar-refractivity contribution is -0.114. The van der Waals surface area contributed by atoms with Crippen molar-refractivity contribution in [3.63, 3.8) is 0 Å². The van der Waals surface area contributed by atoms with Gasteiger partial charge in [0.1, 0.15) is 6.61 Å². The van der Waals surface area contributed by atoms with E-state index in [0.29, 0.717) is 40.1 Å². The number of halogens is 2. The first kappa shape index (κ1) is 22.4. The largest absolute Gasteiger partial charge is 0.493 e. The van der Waals surface area contributed by atoms with Crippen molar-refractivity contribution in [1.29, 1.82) is 0 Å². The molecule has 7 heteroatoms. The van der Waals surface area contributed by atoms with Crippen molar-refractivity contribution in [3.05, 3.63) is 92.0 Å². The van der Waals surface area contributed by atoms with Gasteiger partial charge in [0.25, 0.3) is 5.91 Å². The second-order valence-corrected chi connectivity index (χ2v) is 8.69. The average molecular weight is 559 g/mol. The number of benzene rings is 3. The van der Waals surface area contributed by atoms with Crippen molar-refractivity contribution in [2.45, 2.75) is 13.5 Å². The summed E-state index contributed by atoms with van der Waals surface area (Å²) in [5, 5.41) is 6.22. The van der Waals surface area contributed by atoms with Crippen LogP contribution in [0.3, 0.4) is 0 Å². The fraction of sp³-hybridized carbons (Fsp3) is 0.120. The number of anilines is 1. The number of para-hydroxylation sites is 1. The van der Waals surface area contributed by atoms with E-state index in [2.05, 4.69) is 27.7 Å². The van der Waals surface area contributed by atoms with Crippen molar-refractivity contribution in [2.75, 3.05) is 12.1 Å². The van der Waals surface area contributed by atoms with Crippen LogP contribution in [0.2, 0.25) is 5.02 Å². The van der Waals surface area contributed by atoms with Gasteiger partial charge < -0.3 is 9.47 Å². The van der Waals surface area contributed by atoms with Crippen LogP contribution in [0.1, 0.15) is 18.1 Å². The maximum Gasteiger partial charge on any atom is 0.280 e. The third kappa shape index (κ3) is 4.66. The van der Waals surface area contributed by atoms with Crippen molar-refractivity contribution in [3.8, 4) is 11.5 Å². The van der Waals surface area contributed by atoms with Crippen molar-refractivity contribution < 1.29 is 14.3 Å². The first-order valence-corrected chi connectivity index (χ1v) is 11.3. The smallest absolute Gasteiger partial charge is 0.280 e. The van der Waals surface area contributed by atoms with Crippen molar-refractivity contribution in [1.82, 2.24) is 0 Å². The molecule has 5 nitrogen and oxygen atoms in total. The third-order valence-electron chi connectivity index (χ3n) is 4.93. The maximum atomic E-state index is 13.1. The molecule has 162 valence electrons. The summed E-state index contributed by atoms with van der Waals surface area (Å²) in [6.45, 7) is 2.24. The zero-order chi connectivity index (χ0) is 22.7. The Balaban J connectivity index is 1.61. The number of nitrogens with zero attached hydrogens (tertiary/aromatic N) is 2. The molecular weight excluding hydrogens is 539 g/mol. The molecule has 0 aromatic heterocycles. The van der Waals surface area contributed by atoms with E-state index in [0.717, 1.165) is 14.7 Å². The highest BCUT2D eigenvalue weighted by atomic mass is 127. The van der Waals surface area contributed by atoms with Crippen LogP contribution in [0.15, 0.2) is 77.4 Å². The molecule has 0 bridgehead atoms. The molecule has 0 radical (unpaired) electrons. The van der Waals surface area contributed by atoms with Gasteiger partial charge in [-0.25, -0.2) is 0 Å². The molecule has 0 aliphatic carbocycles. The van der Waals surface area contributed by atoms with E-state index in [4.69, 9.17) is 21.1 Å². The second kappa shape index (κ2) is 9.75. The minimum Gasteiger partial charge on any atom is -0.493 e. The molecule has 3 aromatic carbocycles. The molecule has 0 N–H and O–H groups in total. The van der Waals surface area contributed by atoms with Gasteiger partial charge in [0.15, 0.2) is 11.5 Å². The Morgan fingerprint density at radius 3 is 2.53 bits per heavy atom. The van der Waals surface area contributed by atoms with Crippen LogP contribution in [0, 0.1) is 3.57 Å². The summed E-state index contributed by atoms with van der Waals surface area (Å²) in [5.74, 6) is 1.04. The van der Waals surface area contributed by atoms with E-state index in [-0.39, 0.29) is 5.91 Å². The summed E-state index contributed by atoms with van der Waals surface area (Å²) in [5.41, 5.74) is 3.56. The quantitative estimate of drug-likeness (QED) is 0.262. The monoisotopic (exact) mass is 558 g/mol. The molecule has 1 aliphatic rings. The molecule has 0 atom stereocenters. The highest BCUT2D eigenvalue weighted by molar-refractivity contribution is 14.1. The topological polar surface area (TPSA) is 51.1 Å². The maximum absolute atomic E-state index is 13.1. The molecule has 0 unspecified atom stereocenters. The number of methoxy groups -OCH3 is 1. The molecule has 0 spiro atoms. The third-order valence-corrected chi connectivity index (χ3v) is 6.05. The van der Waals surface area contributed by atoms with Gasteiger partial charge in [-0.3, -0.25) is 4.79 Å². The fourth-order valence-electron chi connectivity index (χ4n) is 3.33. The minimum atomic E-state index is -0.228. The Hall–Kier alpha value is -2.84. The van der Waals surface area contributed by atoms with Gasteiger partial charge in [-0.15, -0.1) is 0 Å². The normalized spacial score (nSPS) is 14.6. The summed E-state index contributed by atoms with van der Waals surface area (Å²) < 4.78 is 12.5. The van der Waals surface area contributed by atoms with Crippen LogP contribution in [0.25, 0.3) is 6.08 Å². The first-order chi connectivity index (χ1) is 15.5. The van der Waals surface area contributed by atoms with Gasteiger partial charge in [-0.1, -0.05) is 54.1 Å². The van der Waals surface area contributed by atoms with Gasteiger partial charge >= 0.3 is 0 Å². The number of hydrogen-bond acceptors (Lipinski definition) is 4. The lowest BCUT2D eigenvalue weighted by atomic mass is 10.1. The summed E-state index contributed by atoms with van der Waals surface area (Å²) in [6.07, 6.45) is 1.81. The molecule has 32 heavy (non-hydrogen) atoms. The van der Waals surface area contributed by atoms with Gasteiger partial charge in [0, 0.05) is 0 Å². The molecule has 0 fully saturated rings. The zero-order valence-corrected chi connectivity index (χ0v) is 20.4. The SMILES string of the molecule is COc1cc(/C=C2\C(=O)N(c3ccccc3Cl)N=C2C)cc(I)c1OCc1ccccc1. The van der Waals surface area contributed by atoms with Crippen LogP contribution in [-0.2, 0) is 11.4 Å². The molecule has 0 saturated heterocycles. The summed E-state index contributed by atoms with van der Waals surface area (Å²) >= 11 is 8.48. The second-order valence-electron chi connectivity index (χ2n) is 7.12. The van der Waals surface area contributed by atoms with Crippen LogP contribution >= 0.6 is 34.2 Å². The van der Waals surface area contributed by atoms with Crippen molar-refractivity contribution in [2.24, 2.45) is 5.10 Å². The number of carbonyl (C=O) groups is 1. The van der Waals surface area contributed by atoms with E-state index in [1.807, 2.05) is 60.7 Å². The van der Waals surface area contributed by atoms with Crippen LogP contribution < -0.4 is 14.5 Å². The molecule has 1 aliphatic heterocycles. The lowest BCUT2D eigenvalue weighted by Gasteiger charge is -2.14. The number of hydrazone groups is 1. The van der Waals surface area contributed by atoms with Crippen molar-refractivity contribution >= 4 is 57.6 Å². The predicted molar refractivity (Wildman–Crippen MR) is 137 cm³/mol. The predicted octanol–water partition coefficient (Wildman–Crippen LogP) is 6.34. The van der Waals surface area contributed by atoms with E-state index < -0.39 is 0 Å². The molecule has 1 amide bonds. The van der Waals surface area contributed by atoms with E-state index in [1.54, 1.807) is 26.2 Å². The Morgan fingerprint density at radius 1 is 1.09 bits per heavy atom. The molecule has 4 rings (SSSR count). The number of rotatable bonds is 6. The molecule has 0 saturated carbocycles. The fourth-order valence-corrected chi connectivity index (χ4v) is 4.33. The number of hydrogen-bond donors (Lipinski definition) is 0.